The fourth-order valence-corrected chi connectivity index (χ4v) is 9.52. The first-order chi connectivity index (χ1) is 36.7. The average molecular weight is 1070 g/mol. The zero-order valence-electron chi connectivity index (χ0n) is 43.4. The van der Waals surface area contributed by atoms with E-state index in [1.807, 2.05) is 74.1 Å². The van der Waals surface area contributed by atoms with E-state index in [9.17, 15) is 13.2 Å². The molecule has 2 aliphatic rings. The fraction of sp³-hybridized carbons (Fsp3) is 0.333. The molecule has 12 nitrogen and oxygen atoms in total. The van der Waals surface area contributed by atoms with Gasteiger partial charge in [-0.15, -0.1) is 22.1 Å². The van der Waals surface area contributed by atoms with Crippen molar-refractivity contribution in [2.24, 2.45) is 0 Å². The third-order valence-corrected chi connectivity index (χ3v) is 12.9. The Bertz CT molecular complexity index is 3260. The van der Waals surface area contributed by atoms with Crippen molar-refractivity contribution in [1.82, 2.24) is 19.9 Å². The summed E-state index contributed by atoms with van der Waals surface area (Å²) in [7, 11) is 0. The summed E-state index contributed by atoms with van der Waals surface area (Å²) in [6, 6.07) is 24.7. The maximum atomic E-state index is 12.9. The molecule has 7 aromatic rings. The summed E-state index contributed by atoms with van der Waals surface area (Å²) in [6.45, 7) is 11.5. The standard InChI is InChI=1S/C60H65F3N8O4.Mn/c1-4-72-35-11-31-68-27-7-15-44(39-68)56-48-19-21-50(64-48)57(45-16-8-28-69(40-45)32-12-36-73-5-2)52-23-25-54(66-52)59(47-18-10-30-71(42-47)34-14-38-75-43-60(61,62)63)55-26-24-53(67-55)58(51-22-20-49(56)65-51)46-17-9-29-70(41-46)33-13-37-74-6-3;/h7-10,15-30,39-42H,4-6,11-14,31-38,43H2,1-3H3;/q2*+2. The molecular formula is C60H65F3MnN8O4+4. The van der Waals surface area contributed by atoms with Crippen LogP contribution in [0.1, 0.15) is 69.2 Å². The van der Waals surface area contributed by atoms with Crippen molar-refractivity contribution < 1.29 is 67.5 Å². The van der Waals surface area contributed by atoms with Crippen LogP contribution in [0.3, 0.4) is 0 Å². The van der Waals surface area contributed by atoms with Gasteiger partial charge in [0, 0.05) is 92.0 Å². The Labute approximate surface area is 453 Å². The molecule has 0 N–H and O–H groups in total. The van der Waals surface area contributed by atoms with Gasteiger partial charge >= 0.3 is 23.2 Å². The average Bonchev–Trinajstić information content (AvgIpc) is 4.28. The Balaban J connectivity index is 0.00000765. The van der Waals surface area contributed by atoms with E-state index < -0.39 is 12.8 Å². The molecule has 0 aliphatic carbocycles. The molecule has 0 amide bonds. The SMILES string of the molecule is CCOCCC[n+]1cccc(-c2c3nc(c(-c4ccc[n+](CCCOCC)c4)c4ccc([n-]4)c(-c4ccc[n+](CCCOCC(F)(F)F)c4)c4nc(c(-c5ccc[n+](CCCOCC)c5)c5ccc2[n-]5)C=C4)C=C3)c1.[Mn+2]. The summed E-state index contributed by atoms with van der Waals surface area (Å²) in [5, 5.41) is 0. The number of halogens is 3. The van der Waals surface area contributed by atoms with Gasteiger partial charge in [-0.1, -0.05) is 24.3 Å². The van der Waals surface area contributed by atoms with Gasteiger partial charge in [0.1, 0.15) is 6.61 Å². The molecule has 0 spiro atoms. The Hall–Kier alpha value is -6.65. The smallest absolute Gasteiger partial charge is 0.657 e. The van der Waals surface area contributed by atoms with Gasteiger partial charge in [0.2, 0.25) is 0 Å². The maximum Gasteiger partial charge on any atom is 2.00 e. The fourth-order valence-electron chi connectivity index (χ4n) is 9.52. The first-order valence-electron chi connectivity index (χ1n) is 26.1. The molecule has 8 bridgehead atoms. The molecule has 0 aromatic carbocycles. The Kier molecular flexibility index (Phi) is 19.7. The zero-order valence-corrected chi connectivity index (χ0v) is 44.6. The number of nitrogens with zero attached hydrogens (tertiary/aromatic N) is 8. The van der Waals surface area contributed by atoms with Crippen molar-refractivity contribution in [2.75, 3.05) is 52.9 Å². The number of alkyl halides is 3. The quantitative estimate of drug-likeness (QED) is 0.0335. The summed E-state index contributed by atoms with van der Waals surface area (Å²) >= 11 is 0. The van der Waals surface area contributed by atoms with E-state index in [0.717, 1.165) is 117 Å². The van der Waals surface area contributed by atoms with E-state index in [4.69, 9.17) is 38.9 Å². The van der Waals surface area contributed by atoms with Gasteiger partial charge in [-0.25, -0.2) is 28.2 Å². The minimum Gasteiger partial charge on any atom is -0.657 e. The van der Waals surface area contributed by atoms with Gasteiger partial charge in [0.15, 0.2) is 75.8 Å². The van der Waals surface area contributed by atoms with Gasteiger partial charge in [-0.3, -0.25) is 0 Å². The van der Waals surface area contributed by atoms with Gasteiger partial charge in [0.05, 0.1) is 49.2 Å². The minimum absolute atomic E-state index is 0. The summed E-state index contributed by atoms with van der Waals surface area (Å²) in [5.74, 6) is 0. The Morgan fingerprint density at radius 1 is 0.421 bits per heavy atom. The molecule has 7 aromatic heterocycles. The molecule has 0 saturated heterocycles. The van der Waals surface area contributed by atoms with Crippen LogP contribution < -0.4 is 28.2 Å². The van der Waals surface area contributed by atoms with Crippen molar-refractivity contribution in [1.29, 1.82) is 0 Å². The minimum atomic E-state index is -4.38. The van der Waals surface area contributed by atoms with E-state index >= 15 is 0 Å². The second-order valence-electron chi connectivity index (χ2n) is 18.4. The van der Waals surface area contributed by atoms with Crippen LogP contribution in [-0.4, -0.2) is 69.0 Å². The molecule has 0 saturated carbocycles. The first-order valence-corrected chi connectivity index (χ1v) is 26.1. The van der Waals surface area contributed by atoms with Gasteiger partial charge in [0.25, 0.3) is 0 Å². The number of pyridine rings is 4. The summed E-state index contributed by atoms with van der Waals surface area (Å²) < 4.78 is 69.2. The van der Waals surface area contributed by atoms with Crippen LogP contribution in [0.5, 0.6) is 0 Å². The molecule has 1 radical (unpaired) electrons. The number of fused-ring (bicyclic) bond motifs is 8. The second-order valence-corrected chi connectivity index (χ2v) is 18.4. The van der Waals surface area contributed by atoms with Crippen LogP contribution in [0, 0.1) is 0 Å². The van der Waals surface area contributed by atoms with Crippen LogP contribution >= 0.6 is 0 Å². The van der Waals surface area contributed by atoms with Crippen LogP contribution in [0.25, 0.3) is 90.9 Å². The van der Waals surface area contributed by atoms with Crippen LogP contribution in [0.2, 0.25) is 0 Å². The second kappa shape index (κ2) is 26.9. The molecule has 0 atom stereocenters. The van der Waals surface area contributed by atoms with Crippen molar-refractivity contribution in [3.63, 3.8) is 0 Å². The molecule has 393 valence electrons. The van der Waals surface area contributed by atoms with Crippen LogP contribution in [0.4, 0.5) is 13.2 Å². The monoisotopic (exact) mass is 1070 g/mol. The summed E-state index contributed by atoms with van der Waals surface area (Å²) in [4.78, 5) is 22.0. The van der Waals surface area contributed by atoms with Crippen LogP contribution in [-0.2, 0) is 62.2 Å². The topological polar surface area (TPSA) is 106 Å². The molecule has 0 fully saturated rings. The molecule has 16 heteroatoms. The molecule has 9 rings (SSSR count). The van der Waals surface area contributed by atoms with E-state index in [1.165, 1.54) is 0 Å². The molecule has 0 unspecified atom stereocenters. The number of hydrogen-bond acceptors (Lipinski definition) is 6. The van der Waals surface area contributed by atoms with Crippen LogP contribution in [0.15, 0.2) is 122 Å². The van der Waals surface area contributed by atoms with Crippen molar-refractivity contribution >= 4 is 46.4 Å². The largest absolute Gasteiger partial charge is 2.00 e. The van der Waals surface area contributed by atoms with E-state index in [-0.39, 0.29) is 23.7 Å². The number of aromatic nitrogens is 8. The molecule has 76 heavy (non-hydrogen) atoms. The van der Waals surface area contributed by atoms with Gasteiger partial charge in [-0.2, -0.15) is 13.2 Å². The molecule has 2 aliphatic heterocycles. The molecular weight excluding hydrogens is 1010 g/mol. The third-order valence-electron chi connectivity index (χ3n) is 12.9. The van der Waals surface area contributed by atoms with Crippen molar-refractivity contribution in [2.45, 2.75) is 78.8 Å². The number of aryl methyl sites for hydroxylation is 4. The predicted octanol–water partition coefficient (Wildman–Crippen LogP) is 9.98. The van der Waals surface area contributed by atoms with Gasteiger partial charge in [-0.05, 0) is 91.6 Å². The Morgan fingerprint density at radius 3 is 0.961 bits per heavy atom. The number of rotatable bonds is 24. The van der Waals surface area contributed by atoms with Crippen molar-refractivity contribution in [3.05, 3.63) is 145 Å². The Morgan fingerprint density at radius 2 is 0.697 bits per heavy atom. The van der Waals surface area contributed by atoms with E-state index in [1.54, 1.807) is 0 Å². The maximum absolute atomic E-state index is 12.9. The van der Waals surface area contributed by atoms with Gasteiger partial charge < -0.3 is 28.9 Å². The first kappa shape index (κ1) is 55.6. The third kappa shape index (κ3) is 14.2. The number of hydrogen-bond donors (Lipinski definition) is 0. The summed E-state index contributed by atoms with van der Waals surface area (Å²) in [6.07, 6.45) is 23.4. The number of ether oxygens (including phenoxy) is 4. The predicted molar refractivity (Wildman–Crippen MR) is 284 cm³/mol. The zero-order chi connectivity index (χ0) is 52.0. The van der Waals surface area contributed by atoms with E-state index in [0.29, 0.717) is 63.8 Å². The summed E-state index contributed by atoms with van der Waals surface area (Å²) in [5.41, 5.74) is 13.0. The normalized spacial score (nSPS) is 12.1. The van der Waals surface area contributed by atoms with E-state index in [2.05, 4.69) is 112 Å². The van der Waals surface area contributed by atoms with Crippen molar-refractivity contribution in [3.8, 4) is 44.5 Å². The molecule has 9 heterocycles.